The molecule has 0 atom stereocenters. The number of carbonyl (C=O) groups excluding carboxylic acids is 1. The zero-order chi connectivity index (χ0) is 14.4. The number of carboxylic acids is 1. The van der Waals surface area contributed by atoms with Crippen LogP contribution >= 0.6 is 0 Å². The first-order valence-electron chi connectivity index (χ1n) is 6.99. The smallest absolute Gasteiger partial charge is 0.321 e. The summed E-state index contributed by atoms with van der Waals surface area (Å²) in [4.78, 5) is 24.4. The largest absolute Gasteiger partial charge is 0.481 e. The summed E-state index contributed by atoms with van der Waals surface area (Å²) >= 11 is 0. The predicted octanol–water partition coefficient (Wildman–Crippen LogP) is 2.48. The van der Waals surface area contributed by atoms with E-state index in [4.69, 9.17) is 5.11 Å². The molecule has 0 saturated heterocycles. The van der Waals surface area contributed by atoms with Crippen LogP contribution in [0.15, 0.2) is 30.3 Å². The highest BCUT2D eigenvalue weighted by Gasteiger charge is 2.22. The highest BCUT2D eigenvalue weighted by atomic mass is 16.4. The van der Waals surface area contributed by atoms with Gasteiger partial charge in [0.2, 0.25) is 0 Å². The fourth-order valence-corrected chi connectivity index (χ4v) is 2.05. The molecule has 0 spiro atoms. The van der Waals surface area contributed by atoms with E-state index in [2.05, 4.69) is 5.32 Å². The summed E-state index contributed by atoms with van der Waals surface area (Å²) < 4.78 is 0. The standard InChI is InChI=1S/C15H20N2O3/c18-14(19)9-11-17(13-4-2-1-3-5-13)15(20)16-10-8-12-6-7-12/h1-5,12H,6-11H2,(H,16,20)(H,18,19). The van der Waals surface area contributed by atoms with Crippen LogP contribution in [0.4, 0.5) is 10.5 Å². The molecule has 5 heteroatoms. The van der Waals surface area contributed by atoms with E-state index in [0.717, 1.165) is 18.0 Å². The zero-order valence-corrected chi connectivity index (χ0v) is 11.4. The maximum absolute atomic E-state index is 12.2. The third-order valence-electron chi connectivity index (χ3n) is 3.39. The van der Waals surface area contributed by atoms with Crippen LogP contribution in [0, 0.1) is 5.92 Å². The molecule has 0 heterocycles. The van der Waals surface area contributed by atoms with Crippen LogP contribution in [0.3, 0.4) is 0 Å². The van der Waals surface area contributed by atoms with Crippen molar-refractivity contribution in [1.82, 2.24) is 5.32 Å². The van der Waals surface area contributed by atoms with E-state index in [1.807, 2.05) is 30.3 Å². The summed E-state index contributed by atoms with van der Waals surface area (Å²) in [5, 5.41) is 11.7. The van der Waals surface area contributed by atoms with E-state index < -0.39 is 5.97 Å². The number of nitrogens with zero attached hydrogens (tertiary/aromatic N) is 1. The fraction of sp³-hybridized carbons (Fsp3) is 0.467. The molecular formula is C15H20N2O3. The molecule has 20 heavy (non-hydrogen) atoms. The van der Waals surface area contributed by atoms with Crippen molar-refractivity contribution < 1.29 is 14.7 Å². The lowest BCUT2D eigenvalue weighted by molar-refractivity contribution is -0.136. The van der Waals surface area contributed by atoms with Crippen LogP contribution in [0.5, 0.6) is 0 Å². The number of nitrogens with one attached hydrogen (secondary N) is 1. The monoisotopic (exact) mass is 276 g/mol. The Morgan fingerprint density at radius 1 is 1.25 bits per heavy atom. The molecule has 2 N–H and O–H groups in total. The van der Waals surface area contributed by atoms with Crippen molar-refractivity contribution in [2.75, 3.05) is 18.0 Å². The van der Waals surface area contributed by atoms with Crippen LogP contribution in [0.25, 0.3) is 0 Å². The number of carboxylic acid groups (broad SMARTS) is 1. The maximum Gasteiger partial charge on any atom is 0.321 e. The lowest BCUT2D eigenvalue weighted by Crippen LogP contribution is -2.41. The Labute approximate surface area is 118 Å². The number of benzene rings is 1. The van der Waals surface area contributed by atoms with Crippen molar-refractivity contribution in [1.29, 1.82) is 0 Å². The first-order chi connectivity index (χ1) is 9.66. The van der Waals surface area contributed by atoms with E-state index in [1.54, 1.807) is 0 Å². The molecule has 5 nitrogen and oxygen atoms in total. The van der Waals surface area contributed by atoms with Crippen LogP contribution in [0.1, 0.15) is 25.7 Å². The number of carbonyl (C=O) groups is 2. The number of anilines is 1. The molecule has 1 aromatic rings. The Bertz CT molecular complexity index is 457. The molecule has 1 fully saturated rings. The quantitative estimate of drug-likeness (QED) is 0.803. The maximum atomic E-state index is 12.2. The number of para-hydroxylation sites is 1. The summed E-state index contributed by atoms with van der Waals surface area (Å²) in [7, 11) is 0. The van der Waals surface area contributed by atoms with Crippen molar-refractivity contribution >= 4 is 17.7 Å². The van der Waals surface area contributed by atoms with E-state index in [0.29, 0.717) is 6.54 Å². The topological polar surface area (TPSA) is 69.6 Å². The lowest BCUT2D eigenvalue weighted by atomic mass is 10.2. The third kappa shape index (κ3) is 4.57. The van der Waals surface area contributed by atoms with Gasteiger partial charge in [0.15, 0.2) is 0 Å². The van der Waals surface area contributed by atoms with Gasteiger partial charge in [-0.05, 0) is 24.5 Å². The van der Waals surface area contributed by atoms with Crippen molar-refractivity contribution in [3.8, 4) is 0 Å². The molecule has 0 aliphatic heterocycles. The number of hydrogen-bond acceptors (Lipinski definition) is 2. The van der Waals surface area contributed by atoms with Crippen LogP contribution in [-0.2, 0) is 4.79 Å². The highest BCUT2D eigenvalue weighted by molar-refractivity contribution is 5.92. The molecule has 0 bridgehead atoms. The molecule has 1 aliphatic rings. The van der Waals surface area contributed by atoms with Gasteiger partial charge in [-0.15, -0.1) is 0 Å². The molecule has 1 aliphatic carbocycles. The highest BCUT2D eigenvalue weighted by Crippen LogP contribution is 2.31. The van der Waals surface area contributed by atoms with E-state index in [9.17, 15) is 9.59 Å². The SMILES string of the molecule is O=C(O)CCN(C(=O)NCCC1CC1)c1ccccc1. The molecule has 2 rings (SSSR count). The van der Waals surface area contributed by atoms with Gasteiger partial charge in [-0.3, -0.25) is 9.69 Å². The van der Waals surface area contributed by atoms with Gasteiger partial charge >= 0.3 is 12.0 Å². The van der Waals surface area contributed by atoms with Crippen molar-refractivity contribution in [3.63, 3.8) is 0 Å². The molecule has 0 unspecified atom stereocenters. The molecule has 108 valence electrons. The Hall–Kier alpha value is -2.04. The second-order valence-corrected chi connectivity index (χ2v) is 5.09. The summed E-state index contributed by atoms with van der Waals surface area (Å²) in [6.45, 7) is 0.828. The van der Waals surface area contributed by atoms with Crippen molar-refractivity contribution in [2.24, 2.45) is 5.92 Å². The predicted molar refractivity (Wildman–Crippen MR) is 76.8 cm³/mol. The van der Waals surface area contributed by atoms with Gasteiger partial charge in [0.1, 0.15) is 0 Å². The van der Waals surface area contributed by atoms with Crippen LogP contribution in [-0.4, -0.2) is 30.2 Å². The van der Waals surface area contributed by atoms with Gasteiger partial charge in [-0.25, -0.2) is 4.79 Å². The van der Waals surface area contributed by atoms with Gasteiger partial charge < -0.3 is 10.4 Å². The van der Waals surface area contributed by atoms with Crippen LogP contribution < -0.4 is 10.2 Å². The normalized spacial score (nSPS) is 13.8. The second kappa shape index (κ2) is 6.93. The minimum Gasteiger partial charge on any atom is -0.481 e. The Morgan fingerprint density at radius 3 is 2.55 bits per heavy atom. The van der Waals surface area contributed by atoms with Gasteiger partial charge in [-0.1, -0.05) is 31.0 Å². The van der Waals surface area contributed by atoms with E-state index in [1.165, 1.54) is 17.7 Å². The molecular weight excluding hydrogens is 256 g/mol. The number of aliphatic carboxylic acids is 1. The number of rotatable bonds is 7. The Kier molecular flexibility index (Phi) is 4.98. The number of urea groups is 1. The number of hydrogen-bond donors (Lipinski definition) is 2. The van der Waals surface area contributed by atoms with Gasteiger partial charge in [0.25, 0.3) is 0 Å². The first kappa shape index (κ1) is 14.4. The van der Waals surface area contributed by atoms with E-state index in [-0.39, 0.29) is 19.0 Å². The average Bonchev–Trinajstić information content (AvgIpc) is 3.24. The molecule has 2 amide bonds. The summed E-state index contributed by atoms with van der Waals surface area (Å²) in [6, 6.07) is 8.92. The summed E-state index contributed by atoms with van der Waals surface area (Å²) in [5.74, 6) is -0.142. The summed E-state index contributed by atoms with van der Waals surface area (Å²) in [5.41, 5.74) is 0.720. The minimum absolute atomic E-state index is 0.0645. The lowest BCUT2D eigenvalue weighted by Gasteiger charge is -2.22. The molecule has 1 aromatic carbocycles. The third-order valence-corrected chi connectivity index (χ3v) is 3.39. The zero-order valence-electron chi connectivity index (χ0n) is 11.4. The molecule has 0 radical (unpaired) electrons. The Balaban J connectivity index is 1.92. The molecule has 1 saturated carbocycles. The first-order valence-corrected chi connectivity index (χ1v) is 6.99. The molecule has 0 aromatic heterocycles. The minimum atomic E-state index is -0.906. The average molecular weight is 276 g/mol. The number of amides is 2. The van der Waals surface area contributed by atoms with Gasteiger partial charge in [-0.2, -0.15) is 0 Å². The second-order valence-electron chi connectivity index (χ2n) is 5.09. The fourth-order valence-electron chi connectivity index (χ4n) is 2.05. The van der Waals surface area contributed by atoms with E-state index >= 15 is 0 Å². The van der Waals surface area contributed by atoms with Gasteiger partial charge in [0, 0.05) is 18.8 Å². The van der Waals surface area contributed by atoms with Crippen molar-refractivity contribution in [3.05, 3.63) is 30.3 Å². The van der Waals surface area contributed by atoms with Gasteiger partial charge in [0.05, 0.1) is 6.42 Å². The summed E-state index contributed by atoms with van der Waals surface area (Å²) in [6.07, 6.45) is 3.47. The Morgan fingerprint density at radius 2 is 1.95 bits per heavy atom. The van der Waals surface area contributed by atoms with Crippen molar-refractivity contribution in [2.45, 2.75) is 25.7 Å². The van der Waals surface area contributed by atoms with Crippen LogP contribution in [0.2, 0.25) is 0 Å².